The molecule has 0 fully saturated rings. The molecule has 0 saturated heterocycles. The molecule has 0 radical (unpaired) electrons. The van der Waals surface area contributed by atoms with E-state index in [9.17, 15) is 4.79 Å². The zero-order chi connectivity index (χ0) is 21.6. The zero-order valence-corrected chi connectivity index (χ0v) is 17.9. The first kappa shape index (κ1) is 19.4. The Bertz CT molecular complexity index is 1170. The van der Waals surface area contributed by atoms with E-state index in [4.69, 9.17) is 9.47 Å². The molecule has 31 heavy (non-hydrogen) atoms. The summed E-state index contributed by atoms with van der Waals surface area (Å²) in [5.41, 5.74) is 6.06. The van der Waals surface area contributed by atoms with E-state index in [1.807, 2.05) is 43.3 Å². The minimum absolute atomic E-state index is 0.0691. The molecule has 0 atom stereocenters. The van der Waals surface area contributed by atoms with Gasteiger partial charge in [-0.25, -0.2) is 0 Å². The van der Waals surface area contributed by atoms with Crippen molar-refractivity contribution in [1.29, 1.82) is 0 Å². The molecule has 0 bridgehead atoms. The van der Waals surface area contributed by atoms with Gasteiger partial charge < -0.3 is 19.8 Å². The summed E-state index contributed by atoms with van der Waals surface area (Å²) < 4.78 is 11.3. The van der Waals surface area contributed by atoms with Crippen LogP contribution >= 0.6 is 0 Å². The van der Waals surface area contributed by atoms with E-state index >= 15 is 0 Å². The number of aromatic amines is 1. The number of ether oxygens (including phenoxy) is 2. The van der Waals surface area contributed by atoms with Gasteiger partial charge in [-0.1, -0.05) is 26.0 Å². The Hall–Kier alpha value is -3.54. The van der Waals surface area contributed by atoms with Gasteiger partial charge in [-0.05, 0) is 36.1 Å². The Morgan fingerprint density at radius 1 is 1.03 bits per heavy atom. The Morgan fingerprint density at radius 3 is 2.52 bits per heavy atom. The number of hydrogen-bond donors (Lipinski definition) is 2. The first-order valence-corrected chi connectivity index (χ1v) is 10.4. The lowest BCUT2D eigenvalue weighted by molar-refractivity contribution is -0.133. The molecule has 0 unspecified atom stereocenters. The summed E-state index contributed by atoms with van der Waals surface area (Å²) >= 11 is 0. The SMILES string of the molecule is CC1(C)CC(=O)c2c([nH]c(-c3ccncc3)c2Nc2cccc(C3(C)OC=CO3)c2)C1. The number of nitrogens with zero attached hydrogens (tertiary/aromatic N) is 1. The van der Waals surface area contributed by atoms with Crippen LogP contribution in [0.3, 0.4) is 0 Å². The lowest BCUT2D eigenvalue weighted by Gasteiger charge is -2.28. The van der Waals surface area contributed by atoms with Crippen LogP contribution in [0.25, 0.3) is 11.3 Å². The average Bonchev–Trinajstić information content (AvgIpc) is 3.33. The summed E-state index contributed by atoms with van der Waals surface area (Å²) in [7, 11) is 0. The van der Waals surface area contributed by atoms with E-state index in [0.717, 1.165) is 45.9 Å². The molecule has 1 aromatic carbocycles. The third-order valence-electron chi connectivity index (χ3n) is 5.92. The van der Waals surface area contributed by atoms with Crippen molar-refractivity contribution in [2.75, 3.05) is 5.32 Å². The third kappa shape index (κ3) is 3.48. The van der Waals surface area contributed by atoms with Gasteiger partial charge in [-0.3, -0.25) is 9.78 Å². The molecular weight excluding hydrogens is 390 g/mol. The first-order valence-electron chi connectivity index (χ1n) is 10.4. The highest BCUT2D eigenvalue weighted by Crippen LogP contribution is 2.43. The number of rotatable bonds is 4. The number of anilines is 2. The van der Waals surface area contributed by atoms with Gasteiger partial charge in [0.25, 0.3) is 5.79 Å². The second-order valence-electron chi connectivity index (χ2n) is 9.06. The summed E-state index contributed by atoms with van der Waals surface area (Å²) in [4.78, 5) is 20.8. The molecule has 0 saturated carbocycles. The Balaban J connectivity index is 1.59. The van der Waals surface area contributed by atoms with Gasteiger partial charge >= 0.3 is 0 Å². The Morgan fingerprint density at radius 2 is 1.77 bits per heavy atom. The summed E-state index contributed by atoms with van der Waals surface area (Å²) in [6.07, 6.45) is 7.95. The Kier molecular flexibility index (Phi) is 4.39. The largest absolute Gasteiger partial charge is 0.453 e. The van der Waals surface area contributed by atoms with Crippen molar-refractivity contribution in [1.82, 2.24) is 9.97 Å². The summed E-state index contributed by atoms with van der Waals surface area (Å²) in [5.74, 6) is -0.705. The molecular formula is C25H25N3O3. The van der Waals surface area contributed by atoms with Crippen molar-refractivity contribution in [2.24, 2.45) is 5.41 Å². The van der Waals surface area contributed by atoms with Gasteiger partial charge in [-0.15, -0.1) is 0 Å². The molecule has 0 spiro atoms. The van der Waals surface area contributed by atoms with Gasteiger partial charge in [0.05, 0.1) is 16.9 Å². The molecule has 3 aromatic rings. The van der Waals surface area contributed by atoms with Crippen LogP contribution < -0.4 is 5.32 Å². The van der Waals surface area contributed by atoms with E-state index in [1.165, 1.54) is 0 Å². The molecule has 0 amide bonds. The molecule has 3 heterocycles. The van der Waals surface area contributed by atoms with E-state index in [-0.39, 0.29) is 11.2 Å². The van der Waals surface area contributed by atoms with Gasteiger partial charge in [0, 0.05) is 48.2 Å². The molecule has 2 aliphatic rings. The second-order valence-corrected chi connectivity index (χ2v) is 9.06. The molecule has 2 N–H and O–H groups in total. The number of carbonyl (C=O) groups excluding carboxylic acids is 1. The fourth-order valence-electron chi connectivity index (χ4n) is 4.42. The monoisotopic (exact) mass is 415 g/mol. The quantitative estimate of drug-likeness (QED) is 0.574. The van der Waals surface area contributed by atoms with Gasteiger partial charge in [-0.2, -0.15) is 0 Å². The highest BCUT2D eigenvalue weighted by atomic mass is 16.7. The lowest BCUT2D eigenvalue weighted by Crippen LogP contribution is -2.26. The summed E-state index contributed by atoms with van der Waals surface area (Å²) in [6, 6.07) is 11.8. The van der Waals surface area contributed by atoms with Gasteiger partial charge in [0.1, 0.15) is 12.5 Å². The highest BCUT2D eigenvalue weighted by molar-refractivity contribution is 6.07. The number of nitrogens with one attached hydrogen (secondary N) is 2. The maximum Gasteiger partial charge on any atom is 0.273 e. The van der Waals surface area contributed by atoms with Crippen LogP contribution in [0.1, 0.15) is 48.8 Å². The number of Topliss-reactive ketones (excluding diaryl/α,β-unsaturated/α-hetero) is 1. The predicted octanol–water partition coefficient (Wildman–Crippen LogP) is 5.67. The van der Waals surface area contributed by atoms with Crippen LogP contribution in [0.4, 0.5) is 11.4 Å². The van der Waals surface area contributed by atoms with Crippen LogP contribution in [0.15, 0.2) is 61.3 Å². The fourth-order valence-corrected chi connectivity index (χ4v) is 4.42. The number of carbonyl (C=O) groups is 1. The maximum atomic E-state index is 13.2. The highest BCUT2D eigenvalue weighted by Gasteiger charge is 2.36. The first-order chi connectivity index (χ1) is 14.8. The minimum Gasteiger partial charge on any atom is -0.453 e. The van der Waals surface area contributed by atoms with E-state index in [0.29, 0.717) is 6.42 Å². The Labute approximate surface area is 181 Å². The molecule has 1 aliphatic heterocycles. The van der Waals surface area contributed by atoms with Crippen molar-refractivity contribution in [3.05, 3.63) is 78.1 Å². The van der Waals surface area contributed by atoms with Crippen molar-refractivity contribution < 1.29 is 14.3 Å². The van der Waals surface area contributed by atoms with E-state index in [1.54, 1.807) is 24.9 Å². The van der Waals surface area contributed by atoms with Crippen molar-refractivity contribution >= 4 is 17.2 Å². The number of pyridine rings is 1. The molecule has 158 valence electrons. The van der Waals surface area contributed by atoms with Gasteiger partial charge in [0.2, 0.25) is 0 Å². The lowest BCUT2D eigenvalue weighted by atomic mass is 9.76. The number of hydrogen-bond acceptors (Lipinski definition) is 5. The predicted molar refractivity (Wildman–Crippen MR) is 119 cm³/mol. The van der Waals surface area contributed by atoms with Gasteiger partial charge in [0.15, 0.2) is 5.78 Å². The van der Waals surface area contributed by atoms with Crippen molar-refractivity contribution in [3.8, 4) is 11.3 Å². The molecule has 6 heteroatoms. The smallest absolute Gasteiger partial charge is 0.273 e. The molecule has 1 aliphatic carbocycles. The molecule has 6 nitrogen and oxygen atoms in total. The molecule has 5 rings (SSSR count). The summed E-state index contributed by atoms with van der Waals surface area (Å²) in [5, 5.41) is 3.51. The van der Waals surface area contributed by atoms with Crippen LogP contribution in [-0.4, -0.2) is 15.8 Å². The van der Waals surface area contributed by atoms with Crippen molar-refractivity contribution in [2.45, 2.75) is 39.4 Å². The van der Waals surface area contributed by atoms with Crippen LogP contribution in [0.5, 0.6) is 0 Å². The summed E-state index contributed by atoms with van der Waals surface area (Å²) in [6.45, 7) is 6.14. The van der Waals surface area contributed by atoms with Crippen LogP contribution in [0, 0.1) is 5.41 Å². The van der Waals surface area contributed by atoms with Crippen LogP contribution in [0.2, 0.25) is 0 Å². The van der Waals surface area contributed by atoms with E-state index < -0.39 is 5.79 Å². The second kappa shape index (κ2) is 7.01. The number of aromatic nitrogens is 2. The normalized spacial score (nSPS) is 18.2. The van der Waals surface area contributed by atoms with E-state index in [2.05, 4.69) is 29.1 Å². The zero-order valence-electron chi connectivity index (χ0n) is 17.9. The number of H-pyrrole nitrogens is 1. The number of fused-ring (bicyclic) bond motifs is 1. The number of ketones is 1. The topological polar surface area (TPSA) is 76.2 Å². The number of benzene rings is 1. The average molecular weight is 415 g/mol. The fraction of sp³-hybridized carbons (Fsp3) is 0.280. The standard InChI is InChI=1S/C25H25N3O3/c1-24(2)14-19-21(20(29)15-24)23(22(28-19)16-7-9-26-10-8-16)27-18-6-4-5-17(13-18)25(3)30-11-12-31-25/h4-13,27-28H,14-15H2,1-3H3. The van der Waals surface area contributed by atoms with Crippen LogP contribution in [-0.2, 0) is 21.7 Å². The third-order valence-corrected chi connectivity index (χ3v) is 5.92. The maximum absolute atomic E-state index is 13.2. The van der Waals surface area contributed by atoms with Crippen molar-refractivity contribution in [3.63, 3.8) is 0 Å². The molecule has 2 aromatic heterocycles. The minimum atomic E-state index is -0.858.